The van der Waals surface area contributed by atoms with Crippen molar-refractivity contribution < 1.29 is 17.9 Å². The van der Waals surface area contributed by atoms with E-state index >= 15 is 0 Å². The van der Waals surface area contributed by atoms with Crippen LogP contribution in [0.15, 0.2) is 58.9 Å². The lowest BCUT2D eigenvalue weighted by atomic mass is 10.1. The molecule has 7 nitrogen and oxygen atoms in total. The molecule has 1 atom stereocenters. The predicted molar refractivity (Wildman–Crippen MR) is 117 cm³/mol. The first kappa shape index (κ1) is 20.4. The van der Waals surface area contributed by atoms with Gasteiger partial charge in [-0.15, -0.1) is 11.3 Å². The summed E-state index contributed by atoms with van der Waals surface area (Å²) in [5.41, 5.74) is 2.62. The van der Waals surface area contributed by atoms with Crippen molar-refractivity contribution >= 4 is 38.1 Å². The van der Waals surface area contributed by atoms with Gasteiger partial charge in [-0.3, -0.25) is 9.52 Å². The standard InChI is InChI=1S/C21H21N3O4S2/c1-14-4-3-5-15(2)19(14)28-18-10-12-24(20(18)25)16-6-8-17(9-7-16)30(26,27)23-21-22-11-13-29-21/h3-9,11,13,18H,10,12H2,1-2H3,(H,22,23). The minimum Gasteiger partial charge on any atom is -0.480 e. The average molecular weight is 444 g/mol. The summed E-state index contributed by atoms with van der Waals surface area (Å²) in [6, 6.07) is 12.1. The Labute approximate surface area is 179 Å². The molecule has 1 aliphatic rings. The Balaban J connectivity index is 1.48. The smallest absolute Gasteiger partial charge is 0.268 e. The molecule has 0 spiro atoms. The van der Waals surface area contributed by atoms with E-state index in [2.05, 4.69) is 9.71 Å². The maximum atomic E-state index is 12.9. The number of carbonyl (C=O) groups excluding carboxylic acids is 1. The van der Waals surface area contributed by atoms with Gasteiger partial charge in [0.15, 0.2) is 11.2 Å². The van der Waals surface area contributed by atoms with Gasteiger partial charge in [0.2, 0.25) is 0 Å². The van der Waals surface area contributed by atoms with E-state index in [9.17, 15) is 13.2 Å². The molecular weight excluding hydrogens is 422 g/mol. The van der Waals surface area contributed by atoms with Gasteiger partial charge >= 0.3 is 0 Å². The van der Waals surface area contributed by atoms with Crippen LogP contribution in [0, 0.1) is 13.8 Å². The molecule has 0 saturated carbocycles. The Kier molecular flexibility index (Phi) is 5.48. The van der Waals surface area contributed by atoms with E-state index in [1.54, 1.807) is 22.4 Å². The number of para-hydroxylation sites is 1. The summed E-state index contributed by atoms with van der Waals surface area (Å²) in [6.45, 7) is 4.43. The highest BCUT2D eigenvalue weighted by Crippen LogP contribution is 2.29. The summed E-state index contributed by atoms with van der Waals surface area (Å²) in [4.78, 5) is 18.6. The van der Waals surface area contributed by atoms with Crippen LogP contribution in [-0.2, 0) is 14.8 Å². The molecule has 4 rings (SSSR count). The topological polar surface area (TPSA) is 88.6 Å². The monoisotopic (exact) mass is 443 g/mol. The summed E-state index contributed by atoms with van der Waals surface area (Å²) >= 11 is 1.20. The molecule has 1 aliphatic heterocycles. The Morgan fingerprint density at radius 3 is 2.47 bits per heavy atom. The van der Waals surface area contributed by atoms with Crippen LogP contribution in [0.25, 0.3) is 0 Å². The lowest BCUT2D eigenvalue weighted by Crippen LogP contribution is -2.32. The van der Waals surface area contributed by atoms with Crippen LogP contribution >= 0.6 is 11.3 Å². The number of sulfonamides is 1. The number of thiazole rings is 1. The van der Waals surface area contributed by atoms with Crippen molar-refractivity contribution in [2.75, 3.05) is 16.2 Å². The fraction of sp³-hybridized carbons (Fsp3) is 0.238. The first-order chi connectivity index (χ1) is 14.3. The van der Waals surface area contributed by atoms with E-state index in [4.69, 9.17) is 4.74 Å². The zero-order valence-electron chi connectivity index (χ0n) is 16.5. The van der Waals surface area contributed by atoms with Crippen molar-refractivity contribution in [3.63, 3.8) is 0 Å². The SMILES string of the molecule is Cc1cccc(C)c1OC1CCN(c2ccc(S(=O)(=O)Nc3nccs3)cc2)C1=O. The van der Waals surface area contributed by atoms with Crippen LogP contribution in [-0.4, -0.2) is 32.0 Å². The number of hydrogen-bond donors (Lipinski definition) is 1. The minimum absolute atomic E-state index is 0.108. The van der Waals surface area contributed by atoms with Crippen LogP contribution in [0.1, 0.15) is 17.5 Å². The largest absolute Gasteiger partial charge is 0.480 e. The lowest BCUT2D eigenvalue weighted by Gasteiger charge is -2.19. The summed E-state index contributed by atoms with van der Waals surface area (Å²) in [6.07, 6.45) is 1.54. The van der Waals surface area contributed by atoms with Crippen molar-refractivity contribution in [3.8, 4) is 5.75 Å². The third-order valence-corrected chi connectivity index (χ3v) is 7.11. The van der Waals surface area contributed by atoms with Crippen molar-refractivity contribution in [2.45, 2.75) is 31.3 Å². The molecule has 1 fully saturated rings. The third-order valence-electron chi connectivity index (χ3n) is 4.94. The minimum atomic E-state index is -3.73. The highest BCUT2D eigenvalue weighted by molar-refractivity contribution is 7.93. The van der Waals surface area contributed by atoms with Crippen molar-refractivity contribution in [3.05, 3.63) is 65.2 Å². The summed E-state index contributed by atoms with van der Waals surface area (Å²) in [5.74, 6) is 0.613. The molecule has 2 heterocycles. The molecule has 0 bridgehead atoms. The molecule has 0 radical (unpaired) electrons. The molecular formula is C21H21N3O4S2. The zero-order chi connectivity index (χ0) is 21.3. The molecule has 30 heavy (non-hydrogen) atoms. The molecule has 2 aromatic carbocycles. The summed E-state index contributed by atoms with van der Waals surface area (Å²) < 4.78 is 33.4. The molecule has 0 aliphatic carbocycles. The van der Waals surface area contributed by atoms with Gasteiger partial charge in [0.1, 0.15) is 5.75 Å². The van der Waals surface area contributed by atoms with E-state index < -0.39 is 16.1 Å². The number of nitrogens with zero attached hydrogens (tertiary/aromatic N) is 2. The Hall–Kier alpha value is -2.91. The van der Waals surface area contributed by atoms with Crippen LogP contribution < -0.4 is 14.4 Å². The second-order valence-corrected chi connectivity index (χ2v) is 9.62. The molecule has 156 valence electrons. The number of carbonyl (C=O) groups is 1. The van der Waals surface area contributed by atoms with Gasteiger partial charge < -0.3 is 9.64 Å². The number of aromatic nitrogens is 1. The summed E-state index contributed by atoms with van der Waals surface area (Å²) in [7, 11) is -3.73. The molecule has 1 N–H and O–H groups in total. The van der Waals surface area contributed by atoms with Crippen molar-refractivity contribution in [1.82, 2.24) is 4.98 Å². The zero-order valence-corrected chi connectivity index (χ0v) is 18.2. The van der Waals surface area contributed by atoms with Gasteiger partial charge in [-0.05, 0) is 49.2 Å². The quantitative estimate of drug-likeness (QED) is 0.627. The highest BCUT2D eigenvalue weighted by Gasteiger charge is 2.35. The number of hydrogen-bond acceptors (Lipinski definition) is 6. The molecule has 1 saturated heterocycles. The Bertz CT molecular complexity index is 1140. The van der Waals surface area contributed by atoms with Gasteiger partial charge in [0.25, 0.3) is 15.9 Å². The summed E-state index contributed by atoms with van der Waals surface area (Å²) in [5, 5.41) is 2.00. The maximum Gasteiger partial charge on any atom is 0.268 e. The van der Waals surface area contributed by atoms with E-state index in [0.717, 1.165) is 16.9 Å². The fourth-order valence-corrected chi connectivity index (χ4v) is 5.19. The Morgan fingerprint density at radius 2 is 1.83 bits per heavy atom. The normalized spacial score (nSPS) is 16.7. The second-order valence-electron chi connectivity index (χ2n) is 7.04. The highest BCUT2D eigenvalue weighted by atomic mass is 32.2. The Morgan fingerprint density at radius 1 is 1.13 bits per heavy atom. The number of rotatable bonds is 6. The molecule has 1 amide bonds. The molecule has 1 unspecified atom stereocenters. The number of nitrogens with one attached hydrogen (secondary N) is 1. The molecule has 1 aromatic heterocycles. The van der Waals surface area contributed by atoms with Gasteiger partial charge in [0, 0.05) is 30.2 Å². The van der Waals surface area contributed by atoms with Gasteiger partial charge in [-0.1, -0.05) is 18.2 Å². The van der Waals surface area contributed by atoms with Crippen LogP contribution in [0.4, 0.5) is 10.8 Å². The third kappa shape index (κ3) is 4.03. The van der Waals surface area contributed by atoms with Gasteiger partial charge in [0.05, 0.1) is 4.90 Å². The van der Waals surface area contributed by atoms with Gasteiger partial charge in [-0.2, -0.15) is 0 Å². The van der Waals surface area contributed by atoms with Crippen LogP contribution in [0.2, 0.25) is 0 Å². The number of amides is 1. The predicted octanol–water partition coefficient (Wildman–Crippen LogP) is 3.75. The molecule has 3 aromatic rings. The number of aryl methyl sites for hydroxylation is 2. The number of ether oxygens (including phenoxy) is 1. The first-order valence-electron chi connectivity index (χ1n) is 9.42. The lowest BCUT2D eigenvalue weighted by molar-refractivity contribution is -0.122. The van der Waals surface area contributed by atoms with Crippen LogP contribution in [0.3, 0.4) is 0 Å². The van der Waals surface area contributed by atoms with E-state index in [1.807, 2.05) is 32.0 Å². The maximum absolute atomic E-state index is 12.9. The van der Waals surface area contributed by atoms with Crippen LogP contribution in [0.5, 0.6) is 5.75 Å². The fourth-order valence-electron chi connectivity index (χ4n) is 3.40. The number of anilines is 2. The van der Waals surface area contributed by atoms with Crippen molar-refractivity contribution in [1.29, 1.82) is 0 Å². The number of benzene rings is 2. The van der Waals surface area contributed by atoms with Crippen molar-refractivity contribution in [2.24, 2.45) is 0 Å². The van der Waals surface area contributed by atoms with E-state index in [0.29, 0.717) is 23.8 Å². The first-order valence-corrected chi connectivity index (χ1v) is 11.8. The molecule has 9 heteroatoms. The van der Waals surface area contributed by atoms with E-state index in [-0.39, 0.29) is 10.8 Å². The van der Waals surface area contributed by atoms with E-state index in [1.165, 1.54) is 29.7 Å². The second kappa shape index (κ2) is 8.08. The average Bonchev–Trinajstić information content (AvgIpc) is 3.34. The van der Waals surface area contributed by atoms with Gasteiger partial charge in [-0.25, -0.2) is 13.4 Å².